The molecule has 0 fully saturated rings. The molecule has 38 heavy (non-hydrogen) atoms. The summed E-state index contributed by atoms with van der Waals surface area (Å²) in [6.45, 7) is 0.0632. The second kappa shape index (κ2) is 10.3. The van der Waals surface area contributed by atoms with Crippen LogP contribution < -0.4 is 13.8 Å². The number of aromatic nitrogens is 3. The second-order valence-electron chi connectivity index (χ2n) is 8.35. The van der Waals surface area contributed by atoms with Crippen molar-refractivity contribution in [1.29, 1.82) is 0 Å². The van der Waals surface area contributed by atoms with Crippen molar-refractivity contribution in [2.45, 2.75) is 11.4 Å². The Kier molecular flexibility index (Phi) is 6.80. The first-order chi connectivity index (χ1) is 18.4. The summed E-state index contributed by atoms with van der Waals surface area (Å²) in [4.78, 5) is 12.8. The average Bonchev–Trinajstić information content (AvgIpc) is 2.96. The lowest BCUT2D eigenvalue weighted by Gasteiger charge is -2.24. The number of fused-ring (bicyclic) bond motifs is 1. The summed E-state index contributed by atoms with van der Waals surface area (Å²) in [6.07, 6.45) is 4.43. The second-order valence-corrected chi connectivity index (χ2v) is 10.2. The highest BCUT2D eigenvalue weighted by molar-refractivity contribution is 7.92. The van der Waals surface area contributed by atoms with Crippen LogP contribution in [-0.4, -0.2) is 42.7 Å². The molecular formula is C28H24N4O5S. The Bertz CT molecular complexity index is 1690. The van der Waals surface area contributed by atoms with Gasteiger partial charge in [-0.25, -0.2) is 22.7 Å². The Labute approximate surface area is 220 Å². The van der Waals surface area contributed by atoms with Gasteiger partial charge in [0.25, 0.3) is 10.0 Å². The van der Waals surface area contributed by atoms with Gasteiger partial charge in [0.2, 0.25) is 0 Å². The van der Waals surface area contributed by atoms with Gasteiger partial charge < -0.3 is 14.6 Å². The van der Waals surface area contributed by atoms with Gasteiger partial charge in [-0.3, -0.25) is 4.98 Å². The van der Waals surface area contributed by atoms with Crippen LogP contribution in [0, 0.1) is 0 Å². The zero-order valence-corrected chi connectivity index (χ0v) is 21.5. The van der Waals surface area contributed by atoms with E-state index in [0.717, 1.165) is 10.9 Å². The first-order valence-electron chi connectivity index (χ1n) is 11.6. The number of benzene rings is 3. The number of phenolic OH excluding ortho intramolecular Hbond substituents is 1. The van der Waals surface area contributed by atoms with Gasteiger partial charge in [0, 0.05) is 35.5 Å². The Morgan fingerprint density at radius 3 is 2.39 bits per heavy atom. The topological polar surface area (TPSA) is 115 Å². The van der Waals surface area contributed by atoms with Crippen LogP contribution in [0.5, 0.6) is 17.2 Å². The number of ether oxygens (including phenoxy) is 2. The normalized spacial score (nSPS) is 11.3. The lowest BCUT2D eigenvalue weighted by atomic mass is 10.0. The lowest BCUT2D eigenvalue weighted by Crippen LogP contribution is -2.31. The molecule has 2 aromatic heterocycles. The first-order valence-corrected chi connectivity index (χ1v) is 13.0. The van der Waals surface area contributed by atoms with Crippen molar-refractivity contribution in [2.24, 2.45) is 0 Å². The van der Waals surface area contributed by atoms with Crippen molar-refractivity contribution in [3.63, 3.8) is 0 Å². The van der Waals surface area contributed by atoms with E-state index in [2.05, 4.69) is 15.0 Å². The molecule has 0 atom stereocenters. The van der Waals surface area contributed by atoms with Gasteiger partial charge in [0.05, 0.1) is 31.4 Å². The van der Waals surface area contributed by atoms with Gasteiger partial charge in [-0.1, -0.05) is 18.2 Å². The van der Waals surface area contributed by atoms with Crippen LogP contribution in [-0.2, 0) is 16.6 Å². The number of hydrogen-bond donors (Lipinski definition) is 1. The number of aromatic hydroxyl groups is 1. The van der Waals surface area contributed by atoms with Gasteiger partial charge in [-0.05, 0) is 53.4 Å². The third kappa shape index (κ3) is 4.81. The molecule has 2 heterocycles. The van der Waals surface area contributed by atoms with Crippen LogP contribution in [0.3, 0.4) is 0 Å². The molecule has 192 valence electrons. The number of anilines is 1. The SMILES string of the molecule is COc1ccc(CN(c2ccncn2)S(=O)(=O)c2ccc3c(-c4ccc(O)cc4OC)nccc3c2)cc1. The van der Waals surface area contributed by atoms with Crippen molar-refractivity contribution in [2.75, 3.05) is 18.5 Å². The molecule has 0 bridgehead atoms. The molecule has 0 amide bonds. The Morgan fingerprint density at radius 2 is 1.68 bits per heavy atom. The minimum Gasteiger partial charge on any atom is -0.508 e. The summed E-state index contributed by atoms with van der Waals surface area (Å²) >= 11 is 0. The van der Waals surface area contributed by atoms with Crippen molar-refractivity contribution in [1.82, 2.24) is 15.0 Å². The lowest BCUT2D eigenvalue weighted by molar-refractivity contribution is 0.409. The van der Waals surface area contributed by atoms with Crippen molar-refractivity contribution < 1.29 is 23.0 Å². The average molecular weight is 529 g/mol. The number of sulfonamides is 1. The van der Waals surface area contributed by atoms with Crippen LogP contribution >= 0.6 is 0 Å². The monoisotopic (exact) mass is 528 g/mol. The molecule has 1 N–H and O–H groups in total. The van der Waals surface area contributed by atoms with E-state index in [0.29, 0.717) is 28.1 Å². The Morgan fingerprint density at radius 1 is 0.868 bits per heavy atom. The number of hydrogen-bond acceptors (Lipinski definition) is 8. The van der Waals surface area contributed by atoms with E-state index >= 15 is 0 Å². The molecule has 5 aromatic rings. The largest absolute Gasteiger partial charge is 0.508 e. The van der Waals surface area contributed by atoms with Gasteiger partial charge >= 0.3 is 0 Å². The van der Waals surface area contributed by atoms with Gasteiger partial charge in [0.15, 0.2) is 0 Å². The van der Waals surface area contributed by atoms with E-state index in [9.17, 15) is 13.5 Å². The number of methoxy groups -OCH3 is 2. The number of phenols is 1. The Hall–Kier alpha value is -4.70. The maximum absolute atomic E-state index is 14.0. The smallest absolute Gasteiger partial charge is 0.265 e. The van der Waals surface area contributed by atoms with E-state index in [1.807, 2.05) is 12.1 Å². The molecule has 0 aliphatic rings. The molecule has 10 heteroatoms. The summed E-state index contributed by atoms with van der Waals surface area (Å²) in [5, 5.41) is 11.3. The van der Waals surface area contributed by atoms with Crippen LogP contribution in [0.15, 0.2) is 96.4 Å². The molecule has 5 rings (SSSR count). The van der Waals surface area contributed by atoms with Gasteiger partial charge in [-0.15, -0.1) is 0 Å². The number of nitrogens with zero attached hydrogens (tertiary/aromatic N) is 4. The molecule has 0 aliphatic heterocycles. The standard InChI is InChI=1S/C28H24N4O5S/c1-36-22-6-3-19(4-7-22)17-32(27-12-13-29-18-31-27)38(34,35)23-8-10-24-20(15-23)11-14-30-28(24)25-9-5-21(33)16-26(25)37-2/h3-16,18,33H,17H2,1-2H3. The van der Waals surface area contributed by atoms with Crippen LogP contribution in [0.4, 0.5) is 5.82 Å². The van der Waals surface area contributed by atoms with E-state index in [1.165, 1.54) is 30.0 Å². The van der Waals surface area contributed by atoms with Crippen molar-refractivity contribution >= 4 is 26.6 Å². The predicted octanol–water partition coefficient (Wildman–Crippen LogP) is 4.81. The van der Waals surface area contributed by atoms with Crippen LogP contribution in [0.1, 0.15) is 5.56 Å². The van der Waals surface area contributed by atoms with E-state index < -0.39 is 10.0 Å². The van der Waals surface area contributed by atoms with E-state index in [4.69, 9.17) is 9.47 Å². The summed E-state index contributed by atoms with van der Waals surface area (Å²) in [5.74, 6) is 1.45. The zero-order chi connectivity index (χ0) is 26.7. The number of rotatable bonds is 8. The quantitative estimate of drug-likeness (QED) is 0.305. The highest BCUT2D eigenvalue weighted by atomic mass is 32.2. The summed E-state index contributed by atoms with van der Waals surface area (Å²) in [5.41, 5.74) is 2.04. The molecule has 0 saturated carbocycles. The highest BCUT2D eigenvalue weighted by Gasteiger charge is 2.27. The highest BCUT2D eigenvalue weighted by Crippen LogP contribution is 2.36. The molecule has 0 unspecified atom stereocenters. The molecule has 9 nitrogen and oxygen atoms in total. The van der Waals surface area contributed by atoms with E-state index in [1.54, 1.807) is 67.9 Å². The fourth-order valence-corrected chi connectivity index (χ4v) is 5.59. The van der Waals surface area contributed by atoms with Crippen molar-refractivity contribution in [3.8, 4) is 28.5 Å². The minimum atomic E-state index is -4.02. The minimum absolute atomic E-state index is 0.0632. The first kappa shape index (κ1) is 25.0. The third-order valence-electron chi connectivity index (χ3n) is 6.07. The van der Waals surface area contributed by atoms with Crippen LogP contribution in [0.2, 0.25) is 0 Å². The molecule has 0 saturated heterocycles. The molecule has 0 spiro atoms. The molecular weight excluding hydrogens is 504 g/mol. The summed E-state index contributed by atoms with van der Waals surface area (Å²) < 4.78 is 39.9. The fourth-order valence-electron chi connectivity index (χ4n) is 4.15. The molecule has 0 aliphatic carbocycles. The van der Waals surface area contributed by atoms with Gasteiger partial charge in [0.1, 0.15) is 29.4 Å². The van der Waals surface area contributed by atoms with Crippen molar-refractivity contribution in [3.05, 3.63) is 97.1 Å². The summed E-state index contributed by atoms with van der Waals surface area (Å²) in [7, 11) is -0.935. The zero-order valence-electron chi connectivity index (χ0n) is 20.6. The summed E-state index contributed by atoms with van der Waals surface area (Å²) in [6, 6.07) is 20.2. The van der Waals surface area contributed by atoms with E-state index in [-0.39, 0.29) is 23.0 Å². The predicted molar refractivity (Wildman–Crippen MR) is 144 cm³/mol. The third-order valence-corrected chi connectivity index (χ3v) is 7.82. The number of pyridine rings is 1. The molecule has 0 radical (unpaired) electrons. The van der Waals surface area contributed by atoms with Gasteiger partial charge in [-0.2, -0.15) is 0 Å². The molecule has 3 aromatic carbocycles. The van der Waals surface area contributed by atoms with Crippen LogP contribution in [0.25, 0.3) is 22.0 Å². The fraction of sp³-hybridized carbons (Fsp3) is 0.107. The maximum atomic E-state index is 14.0. The maximum Gasteiger partial charge on any atom is 0.265 e. The Balaban J connectivity index is 1.59.